The maximum absolute atomic E-state index is 12.5. The van der Waals surface area contributed by atoms with Crippen molar-refractivity contribution in [1.29, 1.82) is 0 Å². The Balaban J connectivity index is 0.000000130. The van der Waals surface area contributed by atoms with Crippen LogP contribution in [-0.4, -0.2) is 97.5 Å². The number of aryl methyl sites for hydroxylation is 1. The van der Waals surface area contributed by atoms with Crippen molar-refractivity contribution in [2.24, 2.45) is 40.4 Å². The molecule has 9 aliphatic rings. The third kappa shape index (κ3) is 22.6. The fourth-order valence-electron chi connectivity index (χ4n) is 20.7. The lowest BCUT2D eigenvalue weighted by atomic mass is 9.72. The molecule has 2 atom stereocenters. The van der Waals surface area contributed by atoms with Gasteiger partial charge in [-0.2, -0.15) is 0 Å². The maximum atomic E-state index is 12.5. The van der Waals surface area contributed by atoms with Crippen LogP contribution in [0.5, 0.6) is 28.7 Å². The summed E-state index contributed by atoms with van der Waals surface area (Å²) in [6.45, 7) is 24.1. The van der Waals surface area contributed by atoms with Crippen molar-refractivity contribution in [3.8, 4) is 28.7 Å². The van der Waals surface area contributed by atoms with E-state index in [2.05, 4.69) is 159 Å². The van der Waals surface area contributed by atoms with Gasteiger partial charge in [0.05, 0.1) is 41.3 Å². The Morgan fingerprint density at radius 2 is 0.846 bits per heavy atom. The van der Waals surface area contributed by atoms with E-state index in [1.54, 1.807) is 17.9 Å². The summed E-state index contributed by atoms with van der Waals surface area (Å²) in [5.41, 5.74) is 3.04. The fraction of sp³-hybridized carbons (Fsp3) is 0.606. The minimum Gasteiger partial charge on any atom is -0.493 e. The van der Waals surface area contributed by atoms with E-state index in [9.17, 15) is 13.2 Å². The average molecular weight is 1680 g/mol. The number of benzene rings is 8. The van der Waals surface area contributed by atoms with Crippen LogP contribution < -0.4 is 23.7 Å². The SMILES string of the molecule is CC(=O)c1ccc2c([S+]3CCCC3)c(OC3CCCCCC3)ccc2c1.CC(C)(C)C1CCC(Oc2cc(OC3CCC(C(C)(C)C)CC3)c3ccccc3c2[S+]2CCCC2)CC1.CS(=O)(=O)c1cccc2c(OC3CCCCC3)ccc([S+]3CCCCC3)c12.Cc1cc(OCCC2CCCCC2)c2ccccc2c1[S+]1CC(C)C(C)C1. The van der Waals surface area contributed by atoms with Gasteiger partial charge >= 0.3 is 0 Å². The molecule has 634 valence electrons. The highest BCUT2D eigenvalue weighted by Gasteiger charge is 2.42. The van der Waals surface area contributed by atoms with Crippen molar-refractivity contribution >= 4 is 102 Å². The molecule has 8 aromatic carbocycles. The van der Waals surface area contributed by atoms with E-state index in [0.29, 0.717) is 44.9 Å². The van der Waals surface area contributed by atoms with Crippen LogP contribution in [0.15, 0.2) is 146 Å². The van der Waals surface area contributed by atoms with E-state index >= 15 is 0 Å². The smallest absolute Gasteiger partial charge is 0.204 e. The van der Waals surface area contributed by atoms with Crippen molar-refractivity contribution in [1.82, 2.24) is 0 Å². The number of sulfone groups is 1. The lowest BCUT2D eigenvalue weighted by Gasteiger charge is -2.37. The standard InChI is InChI=1S/C34H51O2S.C25H35OS.C23H29O2S.C22H29O3S2/c1-33(2,3)24-13-17-26(18-14-24)35-30-23-31(36-27-19-15-25(16-20-27)34(4,5)6)32(37-21-9-10-22-37)29-12-8-7-11-28(29)30;1-18-15-24(26-14-13-21-9-5-4-6-10-21)22-11-7-8-12-23(22)25(18)27-16-19(2)20(3)17-27;1-17(24)18-10-12-21-19(16-18)11-13-22(23(21)26-14-6-7-15-26)25-20-8-4-2-3-5-9-20;1-27(23,24)21-12-8-11-18-19(25-17-9-4-2-5-10-17)13-14-20(22(18)21)26-15-6-3-7-16-26/h7-8,11-12,23-27H,9-10,13-22H2,1-6H3;7-8,11-12,15,19-21H,4-6,9-10,13-14,16-17H2,1-3H3;10-13,16,20H,2-9,14-15H2,1H3;8,11-14,17H,2-7,9-10,15-16H2,1H3/q4*+1. The van der Waals surface area contributed by atoms with Gasteiger partial charge in [-0.3, -0.25) is 4.79 Å². The summed E-state index contributed by atoms with van der Waals surface area (Å²) in [4.78, 5) is 18.0. The monoisotopic (exact) mass is 1680 g/mol. The Labute approximate surface area is 717 Å². The average Bonchev–Trinajstić information content (AvgIpc) is 1.61. The summed E-state index contributed by atoms with van der Waals surface area (Å²) in [5.74, 6) is 19.9. The van der Waals surface area contributed by atoms with Gasteiger partial charge in [0.2, 0.25) is 9.79 Å². The van der Waals surface area contributed by atoms with Crippen LogP contribution in [0, 0.1) is 47.3 Å². The molecule has 0 bridgehead atoms. The van der Waals surface area contributed by atoms with Gasteiger partial charge < -0.3 is 23.7 Å². The lowest BCUT2D eigenvalue weighted by Crippen LogP contribution is -2.31. The van der Waals surface area contributed by atoms with Gasteiger partial charge in [0.15, 0.2) is 36.9 Å². The molecule has 17 rings (SSSR count). The molecule has 0 amide bonds. The molecule has 2 unspecified atom stereocenters. The number of hydrogen-bond donors (Lipinski definition) is 0. The Morgan fingerprint density at radius 1 is 0.402 bits per heavy atom. The highest BCUT2D eigenvalue weighted by molar-refractivity contribution is 7.98. The Hall–Kier alpha value is -5.18. The first-order valence-corrected chi connectivity index (χ1v) is 54.5. The molecule has 0 spiro atoms. The Morgan fingerprint density at radius 3 is 1.39 bits per heavy atom. The van der Waals surface area contributed by atoms with Crippen LogP contribution in [0.4, 0.5) is 0 Å². The molecule has 9 fully saturated rings. The minimum atomic E-state index is -3.29. The van der Waals surface area contributed by atoms with Gasteiger partial charge in [0, 0.05) is 111 Å². The molecule has 4 aliphatic heterocycles. The second-order valence-corrected chi connectivity index (χ2v) is 49.5. The molecule has 4 saturated heterocycles. The van der Waals surface area contributed by atoms with E-state index in [-0.39, 0.29) is 44.6 Å². The second kappa shape index (κ2) is 40.9. The summed E-state index contributed by atoms with van der Waals surface area (Å²) < 4.78 is 58.3. The molecule has 13 heteroatoms. The highest BCUT2D eigenvalue weighted by Crippen LogP contribution is 2.49. The fourth-order valence-corrected chi connectivity index (χ4v) is 32.8. The third-order valence-electron chi connectivity index (χ3n) is 28.0. The summed E-state index contributed by atoms with van der Waals surface area (Å²) in [5, 5.41) is 9.80. The maximum Gasteiger partial charge on any atom is 0.204 e. The van der Waals surface area contributed by atoms with Crippen LogP contribution in [0.25, 0.3) is 43.1 Å². The van der Waals surface area contributed by atoms with Crippen LogP contribution in [-0.2, 0) is 53.4 Å². The van der Waals surface area contributed by atoms with Gasteiger partial charge in [0.1, 0.15) is 63.3 Å². The van der Waals surface area contributed by atoms with E-state index in [1.165, 1.54) is 285 Å². The number of Topliss-reactive ketones (excluding diaryl/α,β-unsaturated/α-hetero) is 1. The number of carbonyl (C=O) groups is 1. The Kier molecular flexibility index (Phi) is 30.8. The quantitative estimate of drug-likeness (QED) is 0.0476. The van der Waals surface area contributed by atoms with E-state index in [1.807, 2.05) is 18.2 Å². The van der Waals surface area contributed by atoms with Gasteiger partial charge in [-0.05, 0) is 257 Å². The van der Waals surface area contributed by atoms with Gasteiger partial charge in [-0.25, -0.2) is 8.42 Å². The normalized spacial score (nSPS) is 23.9. The van der Waals surface area contributed by atoms with Crippen molar-refractivity contribution in [3.63, 3.8) is 0 Å². The van der Waals surface area contributed by atoms with Crippen LogP contribution in [0.3, 0.4) is 0 Å². The second-order valence-electron chi connectivity index (χ2n) is 38.8. The first kappa shape index (κ1) is 88.1. The lowest BCUT2D eigenvalue weighted by molar-refractivity contribution is 0.0830. The first-order valence-electron chi connectivity index (χ1n) is 46.4. The van der Waals surface area contributed by atoms with Crippen LogP contribution in [0.1, 0.15) is 284 Å². The molecule has 4 heterocycles. The van der Waals surface area contributed by atoms with Crippen molar-refractivity contribution in [2.45, 2.75) is 324 Å². The number of fused-ring (bicyclic) bond motifs is 4. The molecular weight excluding hydrogens is 1540 g/mol. The molecule has 117 heavy (non-hydrogen) atoms. The van der Waals surface area contributed by atoms with E-state index < -0.39 is 9.84 Å². The Bertz CT molecular complexity index is 4680. The van der Waals surface area contributed by atoms with Crippen LogP contribution in [0.2, 0.25) is 0 Å². The number of hydrogen-bond acceptors (Lipinski definition) is 8. The van der Waals surface area contributed by atoms with Gasteiger partial charge in [-0.1, -0.05) is 167 Å². The number of ether oxygens (including phenoxy) is 5. The van der Waals surface area contributed by atoms with Gasteiger partial charge in [-0.15, -0.1) is 0 Å². The van der Waals surface area contributed by atoms with Gasteiger partial charge in [0.25, 0.3) is 0 Å². The molecule has 0 radical (unpaired) electrons. The zero-order valence-electron chi connectivity index (χ0n) is 73.5. The molecule has 0 N–H and O–H groups in total. The number of ketones is 1. The molecule has 5 saturated carbocycles. The number of rotatable bonds is 18. The molecular formula is C104H144O8S5+4. The van der Waals surface area contributed by atoms with Crippen LogP contribution >= 0.6 is 0 Å². The van der Waals surface area contributed by atoms with E-state index in [0.717, 1.165) is 107 Å². The molecule has 8 nitrogen and oxygen atoms in total. The largest absolute Gasteiger partial charge is 0.493 e. The predicted octanol–water partition coefficient (Wildman–Crippen LogP) is 27.4. The topological polar surface area (TPSA) is 97.4 Å². The van der Waals surface area contributed by atoms with Crippen molar-refractivity contribution in [3.05, 3.63) is 132 Å². The van der Waals surface area contributed by atoms with Crippen molar-refractivity contribution in [2.75, 3.05) is 58.9 Å². The summed E-state index contributed by atoms with van der Waals surface area (Å²) in [6.07, 6.45) is 43.4. The minimum absolute atomic E-state index is 0.135. The number of carbonyl (C=O) groups excluding carboxylic acids is 1. The zero-order valence-corrected chi connectivity index (χ0v) is 77.6. The zero-order chi connectivity index (χ0) is 81.8. The third-order valence-corrected chi connectivity index (χ3v) is 39.7. The molecule has 5 aliphatic carbocycles. The van der Waals surface area contributed by atoms with E-state index in [4.69, 9.17) is 23.7 Å². The summed E-state index contributed by atoms with van der Waals surface area (Å²) in [6, 6.07) is 43.1. The highest BCUT2D eigenvalue weighted by atomic mass is 32.2. The predicted molar refractivity (Wildman–Crippen MR) is 504 cm³/mol. The molecule has 8 aromatic rings. The summed E-state index contributed by atoms with van der Waals surface area (Å²) >= 11 is 0. The first-order chi connectivity index (χ1) is 56.5. The molecule has 0 aromatic heterocycles. The summed E-state index contributed by atoms with van der Waals surface area (Å²) in [7, 11) is -2.19. The van der Waals surface area contributed by atoms with Crippen molar-refractivity contribution < 1.29 is 36.9 Å².